The highest BCUT2D eigenvalue weighted by Gasteiger charge is 2.22. The lowest BCUT2D eigenvalue weighted by Crippen LogP contribution is -2.47. The summed E-state index contributed by atoms with van der Waals surface area (Å²) in [5, 5.41) is 7.76. The summed E-state index contributed by atoms with van der Waals surface area (Å²) in [6.45, 7) is 5.83. The van der Waals surface area contributed by atoms with E-state index < -0.39 is 0 Å². The largest absolute Gasteiger partial charge is 0.490 e. The van der Waals surface area contributed by atoms with Gasteiger partial charge in [0.25, 0.3) is 0 Å². The van der Waals surface area contributed by atoms with Crippen LogP contribution in [0.5, 0.6) is 5.75 Å². The molecule has 2 heterocycles. The van der Waals surface area contributed by atoms with Gasteiger partial charge in [-0.25, -0.2) is 0 Å². The molecule has 1 N–H and O–H groups in total. The van der Waals surface area contributed by atoms with Crippen LogP contribution in [0.25, 0.3) is 0 Å². The van der Waals surface area contributed by atoms with Crippen molar-refractivity contribution < 1.29 is 4.74 Å². The molecule has 0 amide bonds. The van der Waals surface area contributed by atoms with Gasteiger partial charge in [0.15, 0.2) is 5.96 Å². The zero-order chi connectivity index (χ0) is 17.3. The molecule has 1 fully saturated rings. The van der Waals surface area contributed by atoms with Crippen molar-refractivity contribution in [3.63, 3.8) is 0 Å². The lowest BCUT2D eigenvalue weighted by atomic mass is 10.1. The van der Waals surface area contributed by atoms with Gasteiger partial charge in [0.2, 0.25) is 0 Å². The number of hydrogen-bond donors (Lipinski definition) is 1. The first kappa shape index (κ1) is 17.8. The molecule has 4 nitrogen and oxygen atoms in total. The van der Waals surface area contributed by atoms with Crippen LogP contribution in [0.2, 0.25) is 0 Å². The molecule has 0 unspecified atom stereocenters. The number of rotatable bonds is 6. The molecule has 0 bridgehead atoms. The molecular weight excluding hydrogens is 330 g/mol. The zero-order valence-electron chi connectivity index (χ0n) is 14.9. The molecule has 2 aromatic rings. The van der Waals surface area contributed by atoms with Crippen molar-refractivity contribution >= 4 is 17.3 Å². The highest BCUT2D eigenvalue weighted by molar-refractivity contribution is 7.07. The first-order chi connectivity index (χ1) is 12.3. The van der Waals surface area contributed by atoms with Gasteiger partial charge in [-0.2, -0.15) is 11.3 Å². The SMILES string of the molecule is CCNC(=NCCc1ccsc1)N1CCC(Oc2ccccc2)CC1. The number of guanidine groups is 1. The van der Waals surface area contributed by atoms with Crippen molar-refractivity contribution in [2.24, 2.45) is 4.99 Å². The fourth-order valence-electron chi connectivity index (χ4n) is 3.03. The van der Waals surface area contributed by atoms with Gasteiger partial charge < -0.3 is 15.0 Å². The van der Waals surface area contributed by atoms with Crippen LogP contribution in [0.3, 0.4) is 0 Å². The Labute approximate surface area is 154 Å². The van der Waals surface area contributed by atoms with Crippen LogP contribution in [0.4, 0.5) is 0 Å². The Balaban J connectivity index is 1.49. The molecular formula is C20H27N3OS. The van der Waals surface area contributed by atoms with E-state index in [1.807, 2.05) is 30.3 Å². The van der Waals surface area contributed by atoms with Crippen molar-refractivity contribution in [2.45, 2.75) is 32.3 Å². The van der Waals surface area contributed by atoms with Gasteiger partial charge in [0.05, 0.1) is 0 Å². The predicted molar refractivity (Wildman–Crippen MR) is 106 cm³/mol. The van der Waals surface area contributed by atoms with E-state index >= 15 is 0 Å². The van der Waals surface area contributed by atoms with E-state index in [2.05, 4.69) is 34.0 Å². The van der Waals surface area contributed by atoms with E-state index in [1.54, 1.807) is 11.3 Å². The number of aliphatic imine (C=N–C) groups is 1. The molecule has 1 aliphatic rings. The molecule has 1 saturated heterocycles. The summed E-state index contributed by atoms with van der Waals surface area (Å²) in [4.78, 5) is 7.18. The van der Waals surface area contributed by atoms with Gasteiger partial charge in [-0.05, 0) is 47.9 Å². The van der Waals surface area contributed by atoms with E-state index in [0.29, 0.717) is 6.10 Å². The van der Waals surface area contributed by atoms with Crippen LogP contribution in [0, 0.1) is 0 Å². The van der Waals surface area contributed by atoms with Crippen LogP contribution >= 0.6 is 11.3 Å². The van der Waals surface area contributed by atoms with Crippen LogP contribution in [0.1, 0.15) is 25.3 Å². The van der Waals surface area contributed by atoms with E-state index in [0.717, 1.165) is 57.2 Å². The lowest BCUT2D eigenvalue weighted by molar-refractivity contribution is 0.129. The molecule has 0 atom stereocenters. The summed E-state index contributed by atoms with van der Waals surface area (Å²) in [5.41, 5.74) is 1.37. The molecule has 0 aliphatic carbocycles. The van der Waals surface area contributed by atoms with Crippen molar-refractivity contribution in [2.75, 3.05) is 26.2 Å². The number of benzene rings is 1. The first-order valence-corrected chi connectivity index (χ1v) is 10.1. The molecule has 25 heavy (non-hydrogen) atoms. The summed E-state index contributed by atoms with van der Waals surface area (Å²) in [5.74, 6) is 2.01. The summed E-state index contributed by atoms with van der Waals surface area (Å²) in [6.07, 6.45) is 3.37. The maximum absolute atomic E-state index is 6.09. The fourth-order valence-corrected chi connectivity index (χ4v) is 3.73. The van der Waals surface area contributed by atoms with Crippen LogP contribution in [-0.2, 0) is 6.42 Å². The van der Waals surface area contributed by atoms with E-state index in [9.17, 15) is 0 Å². The lowest BCUT2D eigenvalue weighted by Gasteiger charge is -2.34. The predicted octanol–water partition coefficient (Wildman–Crippen LogP) is 3.80. The maximum atomic E-state index is 6.09. The van der Waals surface area contributed by atoms with Gasteiger partial charge in [-0.15, -0.1) is 0 Å². The Morgan fingerprint density at radius 2 is 2.04 bits per heavy atom. The molecule has 0 spiro atoms. The van der Waals surface area contributed by atoms with Crippen LogP contribution < -0.4 is 10.1 Å². The van der Waals surface area contributed by atoms with Gasteiger partial charge >= 0.3 is 0 Å². The van der Waals surface area contributed by atoms with Gasteiger partial charge in [-0.1, -0.05) is 18.2 Å². The third-order valence-corrected chi connectivity index (χ3v) is 5.10. The average Bonchev–Trinajstić information content (AvgIpc) is 3.16. The second kappa shape index (κ2) is 9.47. The van der Waals surface area contributed by atoms with Gasteiger partial charge in [-0.3, -0.25) is 4.99 Å². The van der Waals surface area contributed by atoms with E-state index in [1.165, 1.54) is 5.56 Å². The van der Waals surface area contributed by atoms with Crippen molar-refractivity contribution in [1.29, 1.82) is 0 Å². The van der Waals surface area contributed by atoms with Crippen LogP contribution in [0.15, 0.2) is 52.2 Å². The third kappa shape index (κ3) is 5.49. The standard InChI is InChI=1S/C20H27N3OS/c1-2-21-20(22-12-8-17-11-15-25-16-17)23-13-9-19(10-14-23)24-18-6-4-3-5-7-18/h3-7,11,15-16,19H,2,8-10,12-14H2,1H3,(H,21,22). The topological polar surface area (TPSA) is 36.9 Å². The number of nitrogens with zero attached hydrogens (tertiary/aromatic N) is 2. The Morgan fingerprint density at radius 1 is 1.24 bits per heavy atom. The Hall–Kier alpha value is -2.01. The number of para-hydroxylation sites is 1. The Morgan fingerprint density at radius 3 is 2.72 bits per heavy atom. The average molecular weight is 358 g/mol. The number of thiophene rings is 1. The summed E-state index contributed by atoms with van der Waals surface area (Å²) < 4.78 is 6.09. The van der Waals surface area contributed by atoms with E-state index in [4.69, 9.17) is 9.73 Å². The summed E-state index contributed by atoms with van der Waals surface area (Å²) in [6, 6.07) is 12.3. The minimum absolute atomic E-state index is 0.298. The molecule has 3 rings (SSSR count). The molecule has 1 aliphatic heterocycles. The van der Waals surface area contributed by atoms with Crippen LogP contribution in [-0.4, -0.2) is 43.1 Å². The summed E-state index contributed by atoms with van der Waals surface area (Å²) >= 11 is 1.75. The minimum Gasteiger partial charge on any atom is -0.490 e. The first-order valence-electron chi connectivity index (χ1n) is 9.11. The monoisotopic (exact) mass is 357 g/mol. The normalized spacial score (nSPS) is 16.0. The second-order valence-electron chi connectivity index (χ2n) is 6.23. The molecule has 0 radical (unpaired) electrons. The molecule has 1 aromatic heterocycles. The van der Waals surface area contributed by atoms with Gasteiger partial charge in [0.1, 0.15) is 11.9 Å². The molecule has 0 saturated carbocycles. The Bertz CT molecular complexity index is 634. The minimum atomic E-state index is 0.298. The number of nitrogens with one attached hydrogen (secondary N) is 1. The molecule has 1 aromatic carbocycles. The van der Waals surface area contributed by atoms with E-state index in [-0.39, 0.29) is 0 Å². The molecule has 5 heteroatoms. The quantitative estimate of drug-likeness (QED) is 0.631. The highest BCUT2D eigenvalue weighted by atomic mass is 32.1. The third-order valence-electron chi connectivity index (χ3n) is 4.36. The number of hydrogen-bond acceptors (Lipinski definition) is 3. The molecule has 134 valence electrons. The van der Waals surface area contributed by atoms with Gasteiger partial charge in [0, 0.05) is 39.0 Å². The fraction of sp³-hybridized carbons (Fsp3) is 0.450. The maximum Gasteiger partial charge on any atom is 0.193 e. The van der Waals surface area contributed by atoms with Crippen molar-refractivity contribution in [3.05, 3.63) is 52.7 Å². The number of likely N-dealkylation sites (tertiary alicyclic amines) is 1. The van der Waals surface area contributed by atoms with Crippen molar-refractivity contribution in [1.82, 2.24) is 10.2 Å². The number of piperidine rings is 1. The summed E-state index contributed by atoms with van der Waals surface area (Å²) in [7, 11) is 0. The highest BCUT2D eigenvalue weighted by Crippen LogP contribution is 2.18. The zero-order valence-corrected chi connectivity index (χ0v) is 15.7. The smallest absolute Gasteiger partial charge is 0.193 e. The number of ether oxygens (including phenoxy) is 1. The Kier molecular flexibility index (Phi) is 6.74. The van der Waals surface area contributed by atoms with Crippen molar-refractivity contribution in [3.8, 4) is 5.75 Å². The second-order valence-corrected chi connectivity index (χ2v) is 7.01.